The maximum Gasteiger partial charge on any atom is 0.242 e. The smallest absolute Gasteiger partial charge is 0.242 e. The number of nitrogens with one attached hydrogen (secondary N) is 1. The fourth-order valence-corrected chi connectivity index (χ4v) is 4.54. The number of thioether (sulfide) groups is 1. The zero-order chi connectivity index (χ0) is 13.3. The van der Waals surface area contributed by atoms with Crippen molar-refractivity contribution in [3.8, 4) is 0 Å². The van der Waals surface area contributed by atoms with Gasteiger partial charge in [-0.05, 0) is 24.6 Å². The zero-order valence-electron chi connectivity index (χ0n) is 9.02. The van der Waals surface area contributed by atoms with Crippen molar-refractivity contribution < 1.29 is 13.2 Å². The topological polar surface area (TPSA) is 63.2 Å². The van der Waals surface area contributed by atoms with Gasteiger partial charge in [-0.1, -0.05) is 35.0 Å². The minimum absolute atomic E-state index is 0.0741. The van der Waals surface area contributed by atoms with Crippen molar-refractivity contribution in [1.29, 1.82) is 0 Å². The molecule has 2 rings (SSSR count). The van der Waals surface area contributed by atoms with E-state index in [0.29, 0.717) is 12.2 Å². The van der Waals surface area contributed by atoms with Crippen LogP contribution < -0.4 is 4.72 Å². The summed E-state index contributed by atoms with van der Waals surface area (Å²) < 4.78 is 26.5. The molecule has 0 bridgehead atoms. The van der Waals surface area contributed by atoms with Gasteiger partial charge in [-0.3, -0.25) is 4.79 Å². The van der Waals surface area contributed by atoms with Gasteiger partial charge in [0.1, 0.15) is 4.90 Å². The summed E-state index contributed by atoms with van der Waals surface area (Å²) in [6.07, 6.45) is 0.487. The molecule has 1 atom stereocenters. The summed E-state index contributed by atoms with van der Waals surface area (Å²) in [5, 5.41) is 0.175. The Hall–Kier alpha value is -0.270. The van der Waals surface area contributed by atoms with Crippen molar-refractivity contribution >= 4 is 50.1 Å². The van der Waals surface area contributed by atoms with Gasteiger partial charge < -0.3 is 0 Å². The first-order chi connectivity index (χ1) is 8.40. The summed E-state index contributed by atoms with van der Waals surface area (Å²) in [4.78, 5) is 11.3. The van der Waals surface area contributed by atoms with Gasteiger partial charge in [0, 0.05) is 10.8 Å². The van der Waals surface area contributed by atoms with Gasteiger partial charge in [0.15, 0.2) is 0 Å². The van der Waals surface area contributed by atoms with Crippen molar-refractivity contribution in [3.05, 3.63) is 28.2 Å². The van der Waals surface area contributed by atoms with Gasteiger partial charge in [0.05, 0.1) is 11.1 Å². The molecule has 0 aromatic heterocycles. The van der Waals surface area contributed by atoms with Crippen LogP contribution in [0.15, 0.2) is 23.1 Å². The average molecular weight is 326 g/mol. The highest BCUT2D eigenvalue weighted by Crippen LogP contribution is 2.27. The van der Waals surface area contributed by atoms with Crippen LogP contribution in [0.25, 0.3) is 0 Å². The highest BCUT2D eigenvalue weighted by atomic mass is 35.5. The van der Waals surface area contributed by atoms with Crippen LogP contribution in [0.5, 0.6) is 0 Å². The Morgan fingerprint density at radius 2 is 2.06 bits per heavy atom. The molecule has 8 heteroatoms. The molecule has 1 heterocycles. The molecule has 0 amide bonds. The monoisotopic (exact) mass is 325 g/mol. The number of rotatable bonds is 3. The Labute approximate surface area is 119 Å². The molecule has 0 unspecified atom stereocenters. The SMILES string of the molecule is O=C1SCC[C@@H]1NS(=O)(=O)c1cc(Cl)ccc1Cl. The van der Waals surface area contributed by atoms with Crippen LogP contribution in [0.3, 0.4) is 0 Å². The van der Waals surface area contributed by atoms with Crippen LogP contribution in [0.1, 0.15) is 6.42 Å². The lowest BCUT2D eigenvalue weighted by Gasteiger charge is -2.12. The fourth-order valence-electron chi connectivity index (χ4n) is 1.54. The third-order valence-corrected chi connectivity index (χ3v) is 5.61. The van der Waals surface area contributed by atoms with Crippen LogP contribution in [-0.4, -0.2) is 25.3 Å². The molecule has 98 valence electrons. The minimum Gasteiger partial charge on any atom is -0.285 e. The molecule has 18 heavy (non-hydrogen) atoms. The minimum atomic E-state index is -3.83. The molecule has 1 aliphatic rings. The summed E-state index contributed by atoms with van der Waals surface area (Å²) in [7, 11) is -3.83. The van der Waals surface area contributed by atoms with Gasteiger partial charge >= 0.3 is 0 Å². The van der Waals surface area contributed by atoms with Crippen LogP contribution in [0.2, 0.25) is 10.0 Å². The van der Waals surface area contributed by atoms with Crippen LogP contribution in [0.4, 0.5) is 0 Å². The number of hydrogen-bond acceptors (Lipinski definition) is 4. The second-order valence-electron chi connectivity index (χ2n) is 3.70. The normalized spacial score (nSPS) is 20.3. The zero-order valence-corrected chi connectivity index (χ0v) is 12.2. The molecule has 1 N–H and O–H groups in total. The second-order valence-corrected chi connectivity index (χ2v) is 7.33. The Kier molecular flexibility index (Phi) is 4.23. The van der Waals surface area contributed by atoms with Crippen molar-refractivity contribution in [2.24, 2.45) is 0 Å². The van der Waals surface area contributed by atoms with E-state index in [0.717, 1.165) is 11.8 Å². The van der Waals surface area contributed by atoms with E-state index in [9.17, 15) is 13.2 Å². The Morgan fingerprint density at radius 1 is 1.33 bits per heavy atom. The largest absolute Gasteiger partial charge is 0.285 e. The summed E-state index contributed by atoms with van der Waals surface area (Å²) >= 11 is 12.7. The van der Waals surface area contributed by atoms with E-state index in [-0.39, 0.29) is 20.1 Å². The van der Waals surface area contributed by atoms with Crippen LogP contribution in [-0.2, 0) is 14.8 Å². The number of carbonyl (C=O) groups is 1. The number of carbonyl (C=O) groups excluding carboxylic acids is 1. The molecule has 1 aromatic carbocycles. The summed E-state index contributed by atoms with van der Waals surface area (Å²) in [6.45, 7) is 0. The molecule has 1 fully saturated rings. The van der Waals surface area contributed by atoms with E-state index in [1.165, 1.54) is 18.2 Å². The van der Waals surface area contributed by atoms with Crippen LogP contribution >= 0.6 is 35.0 Å². The highest BCUT2D eigenvalue weighted by molar-refractivity contribution is 8.14. The van der Waals surface area contributed by atoms with E-state index in [4.69, 9.17) is 23.2 Å². The maximum atomic E-state index is 12.1. The number of hydrogen-bond donors (Lipinski definition) is 1. The van der Waals surface area contributed by atoms with E-state index < -0.39 is 16.1 Å². The first-order valence-electron chi connectivity index (χ1n) is 5.04. The maximum absolute atomic E-state index is 12.1. The molecule has 1 saturated heterocycles. The molecule has 4 nitrogen and oxygen atoms in total. The quantitative estimate of drug-likeness (QED) is 0.926. The predicted molar refractivity (Wildman–Crippen MR) is 72.7 cm³/mol. The Morgan fingerprint density at radius 3 is 2.67 bits per heavy atom. The summed E-state index contributed by atoms with van der Waals surface area (Å²) in [5.74, 6) is 0.620. The van der Waals surface area contributed by atoms with E-state index in [2.05, 4.69) is 4.72 Å². The molecule has 0 radical (unpaired) electrons. The molecular formula is C10H9Cl2NO3S2. The lowest BCUT2D eigenvalue weighted by atomic mass is 10.3. The van der Waals surface area contributed by atoms with E-state index in [1.54, 1.807) is 0 Å². The van der Waals surface area contributed by atoms with Crippen molar-refractivity contribution in [2.45, 2.75) is 17.4 Å². The predicted octanol–water partition coefficient (Wildman–Crippen LogP) is 2.30. The first kappa shape index (κ1) is 14.1. The number of sulfonamides is 1. The lowest BCUT2D eigenvalue weighted by molar-refractivity contribution is -0.111. The van der Waals surface area contributed by atoms with Gasteiger partial charge in [0.25, 0.3) is 0 Å². The standard InChI is InChI=1S/C10H9Cl2NO3S2/c11-6-1-2-7(12)9(5-6)18(15,16)13-8-3-4-17-10(8)14/h1-2,5,8,13H,3-4H2/t8-/m0/s1. The number of halogens is 2. The van der Waals surface area contributed by atoms with Gasteiger partial charge in [-0.25, -0.2) is 8.42 Å². The van der Waals surface area contributed by atoms with Gasteiger partial charge in [-0.15, -0.1) is 0 Å². The lowest BCUT2D eigenvalue weighted by Crippen LogP contribution is -2.37. The van der Waals surface area contributed by atoms with E-state index >= 15 is 0 Å². The third-order valence-electron chi connectivity index (χ3n) is 2.42. The molecule has 0 aliphatic carbocycles. The second kappa shape index (κ2) is 5.38. The first-order valence-corrected chi connectivity index (χ1v) is 8.26. The number of benzene rings is 1. The van der Waals surface area contributed by atoms with Crippen molar-refractivity contribution in [2.75, 3.05) is 5.75 Å². The molecular weight excluding hydrogens is 317 g/mol. The van der Waals surface area contributed by atoms with Crippen molar-refractivity contribution in [1.82, 2.24) is 4.72 Å². The van der Waals surface area contributed by atoms with Gasteiger partial charge in [0.2, 0.25) is 15.1 Å². The Bertz CT molecular complexity index is 589. The fraction of sp³-hybridized carbons (Fsp3) is 0.300. The molecule has 0 saturated carbocycles. The van der Waals surface area contributed by atoms with Gasteiger partial charge in [-0.2, -0.15) is 4.72 Å². The molecule has 1 aromatic rings. The van der Waals surface area contributed by atoms with Crippen molar-refractivity contribution in [3.63, 3.8) is 0 Å². The van der Waals surface area contributed by atoms with E-state index in [1.807, 2.05) is 0 Å². The molecule has 1 aliphatic heterocycles. The molecule has 0 spiro atoms. The third kappa shape index (κ3) is 3.00. The highest BCUT2D eigenvalue weighted by Gasteiger charge is 2.31. The summed E-state index contributed by atoms with van der Waals surface area (Å²) in [6, 6.07) is 3.48. The van der Waals surface area contributed by atoms with Crippen LogP contribution in [0, 0.1) is 0 Å². The summed E-state index contributed by atoms with van der Waals surface area (Å²) in [5.41, 5.74) is 0. The average Bonchev–Trinajstić information content (AvgIpc) is 2.67. The Balaban J connectivity index is 2.30.